The van der Waals surface area contributed by atoms with Crippen LogP contribution >= 0.6 is 0 Å². The van der Waals surface area contributed by atoms with Crippen LogP contribution in [0.1, 0.15) is 18.1 Å². The SMILES string of the molecule is C=CC(=O)N1CCc2cc(OCC)ccc2C1. The Morgan fingerprint density at radius 2 is 2.35 bits per heavy atom. The van der Waals surface area contributed by atoms with Crippen molar-refractivity contribution in [2.75, 3.05) is 13.2 Å². The van der Waals surface area contributed by atoms with Gasteiger partial charge in [0.05, 0.1) is 6.61 Å². The van der Waals surface area contributed by atoms with Crippen molar-refractivity contribution in [1.29, 1.82) is 0 Å². The Balaban J connectivity index is 2.17. The summed E-state index contributed by atoms with van der Waals surface area (Å²) in [5.74, 6) is 0.916. The van der Waals surface area contributed by atoms with Crippen LogP contribution in [0.3, 0.4) is 0 Å². The number of carbonyl (C=O) groups excluding carboxylic acids is 1. The molecule has 0 aliphatic carbocycles. The summed E-state index contributed by atoms with van der Waals surface area (Å²) in [6, 6.07) is 6.08. The molecule has 0 aromatic heterocycles. The number of rotatable bonds is 3. The molecule has 1 aromatic carbocycles. The Bertz CT molecular complexity index is 440. The minimum Gasteiger partial charge on any atom is -0.494 e. The lowest BCUT2D eigenvalue weighted by Gasteiger charge is -2.28. The van der Waals surface area contributed by atoms with Crippen LogP contribution in [-0.2, 0) is 17.8 Å². The molecule has 3 heteroatoms. The van der Waals surface area contributed by atoms with Gasteiger partial charge >= 0.3 is 0 Å². The van der Waals surface area contributed by atoms with E-state index >= 15 is 0 Å². The fraction of sp³-hybridized carbons (Fsp3) is 0.357. The summed E-state index contributed by atoms with van der Waals surface area (Å²) < 4.78 is 5.47. The zero-order chi connectivity index (χ0) is 12.3. The average Bonchev–Trinajstić information content (AvgIpc) is 2.37. The average molecular weight is 231 g/mol. The minimum atomic E-state index is 0.00420. The second kappa shape index (κ2) is 5.04. The first-order valence-electron chi connectivity index (χ1n) is 5.90. The molecular weight excluding hydrogens is 214 g/mol. The summed E-state index contributed by atoms with van der Waals surface area (Å²) in [5.41, 5.74) is 2.49. The van der Waals surface area contributed by atoms with Crippen LogP contribution in [0, 0.1) is 0 Å². The molecule has 0 bridgehead atoms. The van der Waals surface area contributed by atoms with Gasteiger partial charge in [-0.25, -0.2) is 0 Å². The lowest BCUT2D eigenvalue weighted by atomic mass is 9.99. The molecule has 0 fully saturated rings. The quantitative estimate of drug-likeness (QED) is 0.746. The number of fused-ring (bicyclic) bond motifs is 1. The smallest absolute Gasteiger partial charge is 0.246 e. The molecule has 0 saturated carbocycles. The summed E-state index contributed by atoms with van der Waals surface area (Å²) >= 11 is 0. The number of amides is 1. The Morgan fingerprint density at radius 3 is 3.06 bits per heavy atom. The molecule has 3 nitrogen and oxygen atoms in total. The first kappa shape index (κ1) is 11.7. The van der Waals surface area contributed by atoms with E-state index in [1.807, 2.05) is 24.0 Å². The monoisotopic (exact) mass is 231 g/mol. The van der Waals surface area contributed by atoms with E-state index in [9.17, 15) is 4.79 Å². The van der Waals surface area contributed by atoms with Gasteiger partial charge in [-0.2, -0.15) is 0 Å². The first-order valence-corrected chi connectivity index (χ1v) is 5.90. The fourth-order valence-electron chi connectivity index (χ4n) is 2.10. The largest absolute Gasteiger partial charge is 0.494 e. The number of benzene rings is 1. The molecule has 0 N–H and O–H groups in total. The van der Waals surface area contributed by atoms with Crippen LogP contribution in [0.4, 0.5) is 0 Å². The van der Waals surface area contributed by atoms with Gasteiger partial charge in [0.25, 0.3) is 0 Å². The molecule has 0 spiro atoms. The molecule has 90 valence electrons. The normalized spacial score (nSPS) is 14.1. The third kappa shape index (κ3) is 2.49. The van der Waals surface area contributed by atoms with Crippen molar-refractivity contribution in [1.82, 2.24) is 4.90 Å². The van der Waals surface area contributed by atoms with Gasteiger partial charge in [-0.1, -0.05) is 12.6 Å². The second-order valence-corrected chi connectivity index (χ2v) is 4.08. The summed E-state index contributed by atoms with van der Waals surface area (Å²) in [7, 11) is 0. The highest BCUT2D eigenvalue weighted by Crippen LogP contribution is 2.23. The zero-order valence-electron chi connectivity index (χ0n) is 10.1. The van der Waals surface area contributed by atoms with Gasteiger partial charge < -0.3 is 9.64 Å². The van der Waals surface area contributed by atoms with Crippen LogP contribution in [0.25, 0.3) is 0 Å². The highest BCUT2D eigenvalue weighted by molar-refractivity contribution is 5.87. The van der Waals surface area contributed by atoms with E-state index in [2.05, 4.69) is 12.6 Å². The minimum absolute atomic E-state index is 0.00420. The van der Waals surface area contributed by atoms with Gasteiger partial charge in [0.15, 0.2) is 0 Å². The molecule has 0 atom stereocenters. The van der Waals surface area contributed by atoms with Crippen molar-refractivity contribution in [3.05, 3.63) is 42.0 Å². The van der Waals surface area contributed by atoms with Crippen molar-refractivity contribution in [3.8, 4) is 5.75 Å². The molecule has 0 radical (unpaired) electrons. The Hall–Kier alpha value is -1.77. The molecule has 17 heavy (non-hydrogen) atoms. The van der Waals surface area contributed by atoms with Gasteiger partial charge in [0.1, 0.15) is 5.75 Å². The van der Waals surface area contributed by atoms with Crippen molar-refractivity contribution >= 4 is 5.91 Å². The lowest BCUT2D eigenvalue weighted by molar-refractivity contribution is -0.126. The van der Waals surface area contributed by atoms with Crippen LogP contribution in [0.5, 0.6) is 5.75 Å². The maximum absolute atomic E-state index is 11.5. The van der Waals surface area contributed by atoms with E-state index in [-0.39, 0.29) is 5.91 Å². The van der Waals surface area contributed by atoms with Crippen molar-refractivity contribution in [3.63, 3.8) is 0 Å². The molecule has 0 saturated heterocycles. The van der Waals surface area contributed by atoms with Crippen molar-refractivity contribution < 1.29 is 9.53 Å². The first-order chi connectivity index (χ1) is 8.24. The van der Waals surface area contributed by atoms with Gasteiger partial charge in [-0.05, 0) is 42.7 Å². The van der Waals surface area contributed by atoms with E-state index in [1.54, 1.807) is 0 Å². The molecule has 2 rings (SSSR count). The molecule has 1 aromatic rings. The van der Waals surface area contributed by atoms with Gasteiger partial charge in [0, 0.05) is 13.1 Å². The highest BCUT2D eigenvalue weighted by atomic mass is 16.5. The predicted molar refractivity (Wildman–Crippen MR) is 66.9 cm³/mol. The van der Waals surface area contributed by atoms with Crippen molar-refractivity contribution in [2.45, 2.75) is 19.9 Å². The summed E-state index contributed by atoms with van der Waals surface area (Å²) in [5, 5.41) is 0. The van der Waals surface area contributed by atoms with Crippen LogP contribution in [-0.4, -0.2) is 24.0 Å². The predicted octanol–water partition coefficient (Wildman–Crippen LogP) is 2.16. The number of hydrogen-bond acceptors (Lipinski definition) is 2. The number of nitrogens with zero attached hydrogens (tertiary/aromatic N) is 1. The van der Waals surface area contributed by atoms with E-state index in [0.717, 1.165) is 18.7 Å². The number of hydrogen-bond donors (Lipinski definition) is 0. The molecule has 0 unspecified atom stereocenters. The molecule has 1 aliphatic rings. The fourth-order valence-corrected chi connectivity index (χ4v) is 2.10. The molecule has 1 amide bonds. The maximum atomic E-state index is 11.5. The molecule has 1 aliphatic heterocycles. The van der Waals surface area contributed by atoms with Crippen LogP contribution in [0.2, 0.25) is 0 Å². The second-order valence-electron chi connectivity index (χ2n) is 4.08. The lowest BCUT2D eigenvalue weighted by Crippen LogP contribution is -2.34. The van der Waals surface area contributed by atoms with Gasteiger partial charge in [-0.3, -0.25) is 4.79 Å². The number of ether oxygens (including phenoxy) is 1. The van der Waals surface area contributed by atoms with Gasteiger partial charge in [0.2, 0.25) is 5.91 Å². The third-order valence-corrected chi connectivity index (χ3v) is 2.99. The Morgan fingerprint density at radius 1 is 1.53 bits per heavy atom. The van der Waals surface area contributed by atoms with E-state index in [4.69, 9.17) is 4.74 Å². The number of carbonyl (C=O) groups is 1. The third-order valence-electron chi connectivity index (χ3n) is 2.99. The summed E-state index contributed by atoms with van der Waals surface area (Å²) in [6.45, 7) is 7.61. The molecule has 1 heterocycles. The summed E-state index contributed by atoms with van der Waals surface area (Å²) in [6.07, 6.45) is 2.26. The maximum Gasteiger partial charge on any atom is 0.246 e. The van der Waals surface area contributed by atoms with E-state index in [0.29, 0.717) is 13.2 Å². The standard InChI is InChI=1S/C14H17NO2/c1-3-14(16)15-8-7-11-9-13(17-4-2)6-5-12(11)10-15/h3,5-6,9H,1,4,7-8,10H2,2H3. The van der Waals surface area contributed by atoms with Crippen LogP contribution in [0.15, 0.2) is 30.9 Å². The summed E-state index contributed by atoms with van der Waals surface area (Å²) in [4.78, 5) is 13.3. The van der Waals surface area contributed by atoms with Gasteiger partial charge in [-0.15, -0.1) is 0 Å². The Kier molecular flexibility index (Phi) is 3.47. The van der Waals surface area contributed by atoms with Crippen LogP contribution < -0.4 is 4.74 Å². The van der Waals surface area contributed by atoms with E-state index < -0.39 is 0 Å². The topological polar surface area (TPSA) is 29.5 Å². The Labute approximate surface area is 102 Å². The van der Waals surface area contributed by atoms with Crippen molar-refractivity contribution in [2.24, 2.45) is 0 Å². The zero-order valence-corrected chi connectivity index (χ0v) is 10.1. The van der Waals surface area contributed by atoms with E-state index in [1.165, 1.54) is 17.2 Å². The highest BCUT2D eigenvalue weighted by Gasteiger charge is 2.18. The molecular formula is C14H17NO2.